The van der Waals surface area contributed by atoms with E-state index < -0.39 is 0 Å². The van der Waals surface area contributed by atoms with E-state index in [0.29, 0.717) is 22.5 Å². The van der Waals surface area contributed by atoms with Crippen LogP contribution in [-0.4, -0.2) is 30.3 Å². The monoisotopic (exact) mass is 335 g/mol. The number of rotatable bonds is 3. The van der Waals surface area contributed by atoms with Gasteiger partial charge in [-0.2, -0.15) is 0 Å². The summed E-state index contributed by atoms with van der Waals surface area (Å²) in [6, 6.07) is 0.272. The van der Waals surface area contributed by atoms with Crippen LogP contribution in [0.4, 0.5) is 9.93 Å². The molecule has 1 spiro atoms. The molecular weight excluding hydrogens is 310 g/mol. The number of amides is 2. The number of ether oxygens (including phenoxy) is 1. The fourth-order valence-electron chi connectivity index (χ4n) is 4.41. The van der Waals surface area contributed by atoms with Gasteiger partial charge < -0.3 is 10.1 Å². The van der Waals surface area contributed by atoms with Crippen LogP contribution in [0.2, 0.25) is 0 Å². The molecule has 5 nitrogen and oxygen atoms in total. The van der Waals surface area contributed by atoms with Gasteiger partial charge in [-0.05, 0) is 49.9 Å². The van der Waals surface area contributed by atoms with Gasteiger partial charge in [-0.1, -0.05) is 12.8 Å². The second-order valence-corrected chi connectivity index (χ2v) is 8.28. The predicted octanol–water partition coefficient (Wildman–Crippen LogP) is 3.88. The molecule has 2 heterocycles. The normalized spacial score (nSPS) is 26.9. The molecule has 1 aliphatic heterocycles. The molecule has 6 heteroatoms. The average molecular weight is 335 g/mol. The zero-order valence-electron chi connectivity index (χ0n) is 13.5. The molecule has 1 aromatic rings. The highest BCUT2D eigenvalue weighted by Crippen LogP contribution is 2.53. The Labute approximate surface area is 141 Å². The largest absolute Gasteiger partial charge is 0.381 e. The molecule has 0 aromatic carbocycles. The van der Waals surface area contributed by atoms with Gasteiger partial charge >= 0.3 is 6.03 Å². The molecular formula is C17H25N3O2S. The molecule has 4 rings (SSSR count). The van der Waals surface area contributed by atoms with Crippen molar-refractivity contribution < 1.29 is 9.53 Å². The molecule has 1 saturated heterocycles. The van der Waals surface area contributed by atoms with Crippen molar-refractivity contribution in [3.05, 3.63) is 11.1 Å². The minimum atomic E-state index is -0.0890. The number of urea groups is 1. The number of carbonyl (C=O) groups excluding carboxylic acids is 1. The van der Waals surface area contributed by atoms with Crippen LogP contribution in [0.3, 0.4) is 0 Å². The maximum absolute atomic E-state index is 12.3. The Morgan fingerprint density at radius 2 is 2.00 bits per heavy atom. The Kier molecular flexibility index (Phi) is 4.28. The quantitative estimate of drug-likeness (QED) is 0.881. The van der Waals surface area contributed by atoms with Gasteiger partial charge in [-0.25, -0.2) is 9.78 Å². The summed E-state index contributed by atoms with van der Waals surface area (Å²) in [5.41, 5.74) is 0.410. The van der Waals surface area contributed by atoms with Crippen molar-refractivity contribution in [3.63, 3.8) is 0 Å². The second kappa shape index (κ2) is 6.40. The number of thiazole rings is 1. The number of nitrogens with one attached hydrogen (secondary N) is 2. The van der Waals surface area contributed by atoms with Crippen LogP contribution in [0.25, 0.3) is 0 Å². The van der Waals surface area contributed by atoms with E-state index in [1.807, 2.05) is 6.20 Å². The lowest BCUT2D eigenvalue weighted by Crippen LogP contribution is -2.54. The Morgan fingerprint density at radius 3 is 2.70 bits per heavy atom. The van der Waals surface area contributed by atoms with Crippen LogP contribution in [0.15, 0.2) is 6.20 Å². The first-order chi connectivity index (χ1) is 11.3. The van der Waals surface area contributed by atoms with Gasteiger partial charge in [0.1, 0.15) is 0 Å². The van der Waals surface area contributed by atoms with Gasteiger partial charge in [0.25, 0.3) is 0 Å². The van der Waals surface area contributed by atoms with Crippen LogP contribution in [0, 0.1) is 5.41 Å². The van der Waals surface area contributed by atoms with Crippen molar-refractivity contribution in [2.24, 2.45) is 5.41 Å². The first kappa shape index (κ1) is 15.4. The van der Waals surface area contributed by atoms with Crippen LogP contribution in [-0.2, 0) is 4.74 Å². The Hall–Kier alpha value is -1.14. The molecule has 1 unspecified atom stereocenters. The first-order valence-corrected chi connectivity index (χ1v) is 9.68. The second-order valence-electron chi connectivity index (χ2n) is 7.21. The lowest BCUT2D eigenvalue weighted by Gasteiger charge is -2.47. The van der Waals surface area contributed by atoms with Crippen LogP contribution < -0.4 is 10.6 Å². The number of anilines is 1. The molecule has 2 saturated carbocycles. The summed E-state index contributed by atoms with van der Waals surface area (Å²) in [6.07, 6.45) is 11.6. The van der Waals surface area contributed by atoms with Crippen molar-refractivity contribution in [1.29, 1.82) is 0 Å². The van der Waals surface area contributed by atoms with E-state index in [0.717, 1.165) is 32.5 Å². The van der Waals surface area contributed by atoms with E-state index in [1.165, 1.54) is 37.0 Å². The molecule has 1 atom stereocenters. The number of hydrogen-bond donors (Lipinski definition) is 2. The van der Waals surface area contributed by atoms with Crippen LogP contribution in [0.5, 0.6) is 0 Å². The van der Waals surface area contributed by atoms with Gasteiger partial charge in [0.05, 0.1) is 0 Å². The summed E-state index contributed by atoms with van der Waals surface area (Å²) in [7, 11) is 0. The fraction of sp³-hybridized carbons (Fsp3) is 0.765. The lowest BCUT2D eigenvalue weighted by atomic mass is 9.63. The Bertz CT molecular complexity index is 562. The SMILES string of the molecule is O=C(Nc1ncc(C2CCOCC2)s1)NC1CCC12CCCC2. The molecule has 3 fully saturated rings. The molecule has 3 aliphatic rings. The summed E-state index contributed by atoms with van der Waals surface area (Å²) >= 11 is 1.61. The number of nitrogens with zero attached hydrogens (tertiary/aromatic N) is 1. The molecule has 0 bridgehead atoms. The summed E-state index contributed by atoms with van der Waals surface area (Å²) in [5, 5.41) is 6.83. The topological polar surface area (TPSA) is 63.2 Å². The molecule has 2 aliphatic carbocycles. The molecule has 2 amide bonds. The lowest BCUT2D eigenvalue weighted by molar-refractivity contribution is 0.0811. The Balaban J connectivity index is 1.31. The molecule has 23 heavy (non-hydrogen) atoms. The zero-order chi connectivity index (χ0) is 15.7. The highest BCUT2D eigenvalue weighted by atomic mass is 32.1. The smallest absolute Gasteiger partial charge is 0.321 e. The minimum absolute atomic E-state index is 0.0890. The maximum Gasteiger partial charge on any atom is 0.321 e. The summed E-state index contributed by atoms with van der Waals surface area (Å²) in [6.45, 7) is 1.66. The Morgan fingerprint density at radius 1 is 1.22 bits per heavy atom. The van der Waals surface area contributed by atoms with Gasteiger partial charge in [-0.3, -0.25) is 5.32 Å². The van der Waals surface area contributed by atoms with Crippen LogP contribution in [0.1, 0.15) is 62.2 Å². The van der Waals surface area contributed by atoms with Gasteiger partial charge in [0.15, 0.2) is 5.13 Å². The molecule has 0 radical (unpaired) electrons. The third-order valence-corrected chi connectivity index (χ3v) is 7.02. The third-order valence-electron chi connectivity index (χ3n) is 5.94. The van der Waals surface area contributed by atoms with Crippen molar-refractivity contribution in [1.82, 2.24) is 10.3 Å². The maximum atomic E-state index is 12.3. The predicted molar refractivity (Wildman–Crippen MR) is 91.0 cm³/mol. The van der Waals surface area contributed by atoms with E-state index in [9.17, 15) is 4.79 Å². The molecule has 1 aromatic heterocycles. The van der Waals surface area contributed by atoms with E-state index in [4.69, 9.17) is 4.74 Å². The van der Waals surface area contributed by atoms with Crippen molar-refractivity contribution in [2.45, 2.75) is 63.3 Å². The molecule has 2 N–H and O–H groups in total. The van der Waals surface area contributed by atoms with E-state index >= 15 is 0 Å². The average Bonchev–Trinajstić information content (AvgIpc) is 3.23. The summed E-state index contributed by atoms with van der Waals surface area (Å²) in [4.78, 5) is 17.9. The zero-order valence-corrected chi connectivity index (χ0v) is 14.3. The van der Waals surface area contributed by atoms with Crippen molar-refractivity contribution >= 4 is 22.5 Å². The highest BCUT2D eigenvalue weighted by molar-refractivity contribution is 7.15. The molecule has 126 valence electrons. The first-order valence-electron chi connectivity index (χ1n) is 8.86. The highest BCUT2D eigenvalue weighted by Gasteiger charge is 2.48. The van der Waals surface area contributed by atoms with Gasteiger partial charge in [0, 0.05) is 30.3 Å². The van der Waals surface area contributed by atoms with E-state index in [-0.39, 0.29) is 6.03 Å². The fourth-order valence-corrected chi connectivity index (χ4v) is 5.39. The minimum Gasteiger partial charge on any atom is -0.381 e. The number of carbonyl (C=O) groups is 1. The van der Waals surface area contributed by atoms with Crippen LogP contribution >= 0.6 is 11.3 Å². The standard InChI is InChI=1S/C17H25N3O2S/c21-15(19-14-3-8-17(14)6-1-2-7-17)20-16-18-11-13(23-16)12-4-9-22-10-5-12/h11-12,14H,1-10H2,(H2,18,19,20,21). The van der Waals surface area contributed by atoms with Crippen molar-refractivity contribution in [3.8, 4) is 0 Å². The number of aromatic nitrogens is 1. The summed E-state index contributed by atoms with van der Waals surface area (Å²) < 4.78 is 5.41. The van der Waals surface area contributed by atoms with Crippen molar-refractivity contribution in [2.75, 3.05) is 18.5 Å². The summed E-state index contributed by atoms with van der Waals surface area (Å²) in [5.74, 6) is 0.535. The number of hydrogen-bond acceptors (Lipinski definition) is 4. The van der Waals surface area contributed by atoms with E-state index in [1.54, 1.807) is 11.3 Å². The van der Waals surface area contributed by atoms with E-state index in [2.05, 4.69) is 15.6 Å². The van der Waals surface area contributed by atoms with Gasteiger partial charge in [-0.15, -0.1) is 11.3 Å². The third kappa shape index (κ3) is 3.11. The van der Waals surface area contributed by atoms with Gasteiger partial charge in [0.2, 0.25) is 0 Å².